The summed E-state index contributed by atoms with van der Waals surface area (Å²) in [5, 5.41) is 1.47. The molecule has 1 atom stereocenters. The van der Waals surface area contributed by atoms with Crippen LogP contribution in [-0.4, -0.2) is 83.9 Å². The van der Waals surface area contributed by atoms with Crippen molar-refractivity contribution in [1.29, 1.82) is 0 Å². The van der Waals surface area contributed by atoms with Crippen LogP contribution in [0, 0.1) is 0 Å². The lowest BCUT2D eigenvalue weighted by atomic mass is 9.93. The van der Waals surface area contributed by atoms with Crippen LogP contribution in [0.3, 0.4) is 0 Å². The fraction of sp³-hybridized carbons (Fsp3) is 0.387. The SMILES string of the molecule is CN(C)CCCN1C(=O)c2cccc3c2c(cc2[nH]c(-c4ccc(OCC[C@H]5COC(C)(C)O5)cc4)nc23)C1=O. The van der Waals surface area contributed by atoms with E-state index in [0.29, 0.717) is 48.5 Å². The number of aromatic nitrogens is 2. The van der Waals surface area contributed by atoms with Gasteiger partial charge < -0.3 is 24.1 Å². The van der Waals surface area contributed by atoms with Crippen LogP contribution in [0.5, 0.6) is 5.75 Å². The Morgan fingerprint density at radius 1 is 1.10 bits per heavy atom. The molecule has 9 nitrogen and oxygen atoms in total. The number of aromatic amines is 1. The van der Waals surface area contributed by atoms with E-state index in [4.69, 9.17) is 19.2 Å². The monoisotopic (exact) mass is 542 g/mol. The van der Waals surface area contributed by atoms with Crippen LogP contribution in [0.1, 0.15) is 47.4 Å². The largest absolute Gasteiger partial charge is 0.493 e. The van der Waals surface area contributed by atoms with E-state index >= 15 is 0 Å². The number of benzene rings is 3. The van der Waals surface area contributed by atoms with Crippen LogP contribution in [-0.2, 0) is 9.47 Å². The second-order valence-corrected chi connectivity index (χ2v) is 11.2. The van der Waals surface area contributed by atoms with Gasteiger partial charge in [0, 0.05) is 34.9 Å². The van der Waals surface area contributed by atoms with Crippen LogP contribution in [0.15, 0.2) is 48.5 Å². The number of hydrogen-bond donors (Lipinski definition) is 1. The number of imidazole rings is 1. The third-order valence-corrected chi connectivity index (χ3v) is 7.45. The smallest absolute Gasteiger partial charge is 0.261 e. The third-order valence-electron chi connectivity index (χ3n) is 7.45. The van der Waals surface area contributed by atoms with Gasteiger partial charge in [-0.05, 0) is 77.3 Å². The van der Waals surface area contributed by atoms with E-state index < -0.39 is 5.79 Å². The van der Waals surface area contributed by atoms with Gasteiger partial charge >= 0.3 is 0 Å². The molecule has 1 N–H and O–H groups in total. The molecule has 2 aliphatic rings. The lowest BCUT2D eigenvalue weighted by molar-refractivity contribution is -0.139. The summed E-state index contributed by atoms with van der Waals surface area (Å²) < 4.78 is 17.4. The number of hydrogen-bond acceptors (Lipinski definition) is 7. The van der Waals surface area contributed by atoms with Gasteiger partial charge in [0.05, 0.1) is 35.9 Å². The Balaban J connectivity index is 1.24. The highest BCUT2D eigenvalue weighted by molar-refractivity contribution is 6.28. The van der Waals surface area contributed by atoms with Crippen molar-refractivity contribution in [1.82, 2.24) is 19.8 Å². The predicted molar refractivity (Wildman–Crippen MR) is 153 cm³/mol. The summed E-state index contributed by atoms with van der Waals surface area (Å²) in [5.41, 5.74) is 3.46. The van der Waals surface area contributed by atoms with Crippen LogP contribution in [0.25, 0.3) is 33.2 Å². The van der Waals surface area contributed by atoms with E-state index in [9.17, 15) is 9.59 Å². The highest BCUT2D eigenvalue weighted by Crippen LogP contribution is 2.36. The molecule has 2 aliphatic heterocycles. The van der Waals surface area contributed by atoms with Crippen molar-refractivity contribution in [3.05, 3.63) is 59.7 Å². The number of nitrogens with zero attached hydrogens (tertiary/aromatic N) is 3. The van der Waals surface area contributed by atoms with Crippen molar-refractivity contribution in [3.8, 4) is 17.1 Å². The second kappa shape index (κ2) is 10.3. The highest BCUT2D eigenvalue weighted by atomic mass is 16.7. The van der Waals surface area contributed by atoms with Gasteiger partial charge in [-0.2, -0.15) is 0 Å². The van der Waals surface area contributed by atoms with Crippen LogP contribution in [0.4, 0.5) is 0 Å². The van der Waals surface area contributed by atoms with Crippen molar-refractivity contribution < 1.29 is 23.8 Å². The number of carbonyl (C=O) groups excluding carboxylic acids is 2. The summed E-state index contributed by atoms with van der Waals surface area (Å²) in [6, 6.07) is 15.2. The highest BCUT2D eigenvalue weighted by Gasteiger charge is 2.34. The molecule has 1 aromatic heterocycles. The predicted octanol–water partition coefficient (Wildman–Crippen LogP) is 4.85. The van der Waals surface area contributed by atoms with Crippen LogP contribution in [0.2, 0.25) is 0 Å². The lowest BCUT2D eigenvalue weighted by Crippen LogP contribution is -2.41. The maximum atomic E-state index is 13.5. The summed E-state index contributed by atoms with van der Waals surface area (Å²) in [5.74, 6) is 0.413. The zero-order valence-electron chi connectivity index (χ0n) is 23.3. The fourth-order valence-corrected chi connectivity index (χ4v) is 5.49. The van der Waals surface area contributed by atoms with Gasteiger partial charge in [0.15, 0.2) is 5.79 Å². The van der Waals surface area contributed by atoms with E-state index in [0.717, 1.165) is 40.7 Å². The summed E-state index contributed by atoms with van der Waals surface area (Å²) in [6.07, 6.45) is 1.50. The molecule has 0 saturated carbocycles. The fourth-order valence-electron chi connectivity index (χ4n) is 5.49. The topological polar surface area (TPSA) is 97.0 Å². The molecule has 2 amide bonds. The Kier molecular flexibility index (Phi) is 6.82. The number of imide groups is 1. The average molecular weight is 543 g/mol. The molecule has 0 spiro atoms. The van der Waals surface area contributed by atoms with Crippen LogP contribution < -0.4 is 4.74 Å². The molecule has 40 heavy (non-hydrogen) atoms. The summed E-state index contributed by atoms with van der Waals surface area (Å²) in [4.78, 5) is 38.5. The van der Waals surface area contributed by atoms with E-state index in [2.05, 4.69) is 4.98 Å². The Labute approximate surface area is 233 Å². The average Bonchev–Trinajstić information content (AvgIpc) is 3.52. The normalized spacial score (nSPS) is 18.4. The molecule has 1 fully saturated rings. The molecule has 0 unspecified atom stereocenters. The van der Waals surface area contributed by atoms with E-state index in [1.54, 1.807) is 6.07 Å². The van der Waals surface area contributed by atoms with Gasteiger partial charge in [-0.25, -0.2) is 4.98 Å². The minimum atomic E-state index is -0.529. The maximum absolute atomic E-state index is 13.5. The maximum Gasteiger partial charge on any atom is 0.261 e. The first-order valence-corrected chi connectivity index (χ1v) is 13.7. The molecule has 9 heteroatoms. The molecule has 1 saturated heterocycles. The molecule has 0 radical (unpaired) electrons. The quantitative estimate of drug-likeness (QED) is 0.302. The van der Waals surface area contributed by atoms with Gasteiger partial charge in [-0.15, -0.1) is 0 Å². The van der Waals surface area contributed by atoms with Crippen molar-refractivity contribution in [2.45, 2.75) is 38.6 Å². The van der Waals surface area contributed by atoms with Crippen molar-refractivity contribution in [2.75, 3.05) is 40.4 Å². The molecular formula is C31H34N4O5. The lowest BCUT2D eigenvalue weighted by Gasteiger charge is -2.27. The molecule has 3 aromatic carbocycles. The van der Waals surface area contributed by atoms with Gasteiger partial charge in [0.1, 0.15) is 11.6 Å². The first-order valence-electron chi connectivity index (χ1n) is 13.7. The van der Waals surface area contributed by atoms with Gasteiger partial charge in [0.2, 0.25) is 0 Å². The van der Waals surface area contributed by atoms with Crippen molar-refractivity contribution in [2.24, 2.45) is 0 Å². The Bertz CT molecular complexity index is 1590. The van der Waals surface area contributed by atoms with E-state index in [-0.39, 0.29) is 17.9 Å². The molecule has 4 aromatic rings. The second-order valence-electron chi connectivity index (χ2n) is 11.2. The number of H-pyrrole nitrogens is 1. The summed E-state index contributed by atoms with van der Waals surface area (Å²) in [6.45, 7) is 6.12. The van der Waals surface area contributed by atoms with Gasteiger partial charge in [-0.3, -0.25) is 14.5 Å². The minimum absolute atomic E-state index is 0.0355. The molecule has 3 heterocycles. The zero-order chi connectivity index (χ0) is 28.0. The molecule has 208 valence electrons. The zero-order valence-corrected chi connectivity index (χ0v) is 23.3. The number of rotatable bonds is 9. The van der Waals surface area contributed by atoms with Crippen LogP contribution >= 0.6 is 0 Å². The molecule has 0 aliphatic carbocycles. The van der Waals surface area contributed by atoms with E-state index in [1.165, 1.54) is 4.90 Å². The molecular weight excluding hydrogens is 508 g/mol. The van der Waals surface area contributed by atoms with E-state index in [1.807, 2.05) is 75.3 Å². The first kappa shape index (κ1) is 26.4. The number of carbonyl (C=O) groups is 2. The first-order chi connectivity index (χ1) is 19.2. The number of nitrogens with one attached hydrogen (secondary N) is 1. The number of ether oxygens (including phenoxy) is 3. The summed E-state index contributed by atoms with van der Waals surface area (Å²) >= 11 is 0. The standard InChI is InChI=1S/C31H34N4O5/c1-31(2)39-18-21(40-31)13-16-38-20-11-9-19(10-12-20)28-32-25-17-24-26-22(27(25)33-28)7-5-8-23(26)29(36)35(30(24)37)15-6-14-34(3)4/h5,7-12,17,21H,6,13-16,18H2,1-4H3,(H,32,33)/t21-/m0/s1. The van der Waals surface area contributed by atoms with Gasteiger partial charge in [0.25, 0.3) is 11.8 Å². The van der Waals surface area contributed by atoms with Gasteiger partial charge in [-0.1, -0.05) is 12.1 Å². The Morgan fingerprint density at radius 3 is 2.60 bits per heavy atom. The molecule has 0 bridgehead atoms. The Hall–Kier alpha value is -3.79. The minimum Gasteiger partial charge on any atom is -0.493 e. The Morgan fingerprint density at radius 2 is 1.88 bits per heavy atom. The van der Waals surface area contributed by atoms with Crippen molar-refractivity contribution in [3.63, 3.8) is 0 Å². The number of fused-ring (bicyclic) bond motifs is 2. The number of amides is 2. The third kappa shape index (κ3) is 4.96. The molecule has 6 rings (SSSR count). The van der Waals surface area contributed by atoms with Crippen molar-refractivity contribution >= 4 is 33.6 Å². The summed E-state index contributed by atoms with van der Waals surface area (Å²) in [7, 11) is 3.96.